The highest BCUT2D eigenvalue weighted by atomic mass is 127. The second-order valence-electron chi connectivity index (χ2n) is 19.8. The SMILES string of the molecule is Brc1cnc2[nH]ccc2n1.CC(C)S(=O)(=O)c1ccc(-c2cnc3[nH]cc(I)c3n2)cc1.CC(C)S(=O)(=O)c1ccc(-c2cnc3[nH]ccc3n2)cc1.Cc1ccc(S(=O)(=O)n2cc(I)c3nc(-c4ccc(S(=O)(=O)C(C)C)cc4)cnc32)cc1. The van der Waals surface area contributed by atoms with Gasteiger partial charge in [0.15, 0.2) is 52.1 Å². The first-order chi connectivity index (χ1) is 40.2. The Hall–Kier alpha value is -6.90. The fourth-order valence-corrected chi connectivity index (χ4v) is 14.3. The summed E-state index contributed by atoms with van der Waals surface area (Å²) in [7, 11) is -13.7. The monoisotopic (exact) mass is 1510 g/mol. The first kappa shape index (κ1) is 62.6. The number of rotatable bonds is 11. The minimum atomic E-state index is -3.83. The predicted octanol–water partition coefficient (Wildman–Crippen LogP) is 12.4. The number of aromatic nitrogens is 12. The fourth-order valence-electron chi connectivity index (χ4n) is 8.12. The van der Waals surface area contributed by atoms with Crippen LogP contribution in [0.3, 0.4) is 0 Å². The van der Waals surface area contributed by atoms with Gasteiger partial charge in [-0.15, -0.1) is 0 Å². The molecule has 8 aromatic heterocycles. The Kier molecular flexibility index (Phi) is 18.9. The Bertz CT molecular complexity index is 4870. The van der Waals surface area contributed by atoms with Gasteiger partial charge in [-0.1, -0.05) is 54.1 Å². The molecule has 0 aliphatic carbocycles. The van der Waals surface area contributed by atoms with Crippen LogP contribution in [0.25, 0.3) is 78.4 Å². The van der Waals surface area contributed by atoms with Gasteiger partial charge in [-0.25, -0.2) is 77.5 Å². The van der Waals surface area contributed by atoms with Crippen molar-refractivity contribution < 1.29 is 33.7 Å². The number of hydrogen-bond donors (Lipinski definition) is 3. The van der Waals surface area contributed by atoms with E-state index in [1.807, 2.05) is 54.0 Å². The molecule has 8 heterocycles. The highest BCUT2D eigenvalue weighted by molar-refractivity contribution is 14.1. The lowest BCUT2D eigenvalue weighted by Crippen LogP contribution is -2.13. The molecule has 0 saturated heterocycles. The maximum atomic E-state index is 13.1. The van der Waals surface area contributed by atoms with Crippen LogP contribution in [0.4, 0.5) is 0 Å². The zero-order valence-electron chi connectivity index (χ0n) is 46.3. The summed E-state index contributed by atoms with van der Waals surface area (Å²) < 4.78 is 103. The van der Waals surface area contributed by atoms with E-state index in [0.29, 0.717) is 30.1 Å². The van der Waals surface area contributed by atoms with Crippen LogP contribution in [0.1, 0.15) is 47.1 Å². The molecule has 0 spiro atoms. The van der Waals surface area contributed by atoms with Crippen LogP contribution in [-0.2, 0) is 39.5 Å². The van der Waals surface area contributed by atoms with Crippen LogP contribution in [0.2, 0.25) is 0 Å². The Morgan fingerprint density at radius 2 is 0.847 bits per heavy atom. The standard InChI is InChI=1S/C22H20IN3O4S2.C15H14IN3O2S.C15H15N3O2S.C6H4BrN3/c1-14(2)31(27,28)17-10-6-16(7-11-17)20-12-24-22-21(25-20)19(23)13-26(22)32(29,30)18-8-4-15(3)5-9-18;1-9(2)22(20,21)11-5-3-10(4-6-11)13-8-18-15-14(19-13)12(16)7-17-15;1-10(2)21(19,20)12-5-3-11(4-6-12)14-9-17-15-13(18-14)7-8-16-15;7-5-3-9-6-4(10-5)1-2-8-6/h4-14H,1-3H3;3-9H,1-2H3,(H,17,18);3-10H,1-2H3,(H,16,17);1-3H,(H,8,9). The number of halogens is 3. The smallest absolute Gasteiger partial charge is 0.269 e. The van der Waals surface area contributed by atoms with Crippen LogP contribution in [0.15, 0.2) is 183 Å². The molecule has 438 valence electrons. The van der Waals surface area contributed by atoms with E-state index in [1.54, 1.807) is 163 Å². The summed E-state index contributed by atoms with van der Waals surface area (Å²) in [5, 5.41) is -1.38. The molecular weight excluding hydrogens is 1450 g/mol. The van der Waals surface area contributed by atoms with E-state index in [2.05, 4.69) is 93.3 Å². The third-order valence-corrected chi connectivity index (χ3v) is 23.3. The molecule has 0 radical (unpaired) electrons. The molecule has 20 nitrogen and oxygen atoms in total. The van der Waals surface area contributed by atoms with Crippen LogP contribution < -0.4 is 0 Å². The Morgan fingerprint density at radius 1 is 0.447 bits per heavy atom. The van der Waals surface area contributed by atoms with E-state index in [9.17, 15) is 33.7 Å². The average Bonchev–Trinajstić information content (AvgIpc) is 2.47. The summed E-state index contributed by atoms with van der Waals surface area (Å²) in [6.45, 7) is 11.9. The third kappa shape index (κ3) is 13.7. The molecule has 0 unspecified atom stereocenters. The molecule has 12 rings (SSSR count). The highest BCUT2D eigenvalue weighted by Gasteiger charge is 2.25. The predicted molar refractivity (Wildman–Crippen MR) is 349 cm³/mol. The summed E-state index contributed by atoms with van der Waals surface area (Å²) in [4.78, 5) is 45.0. The first-order valence-electron chi connectivity index (χ1n) is 25.9. The number of nitrogens with one attached hydrogen (secondary N) is 3. The van der Waals surface area contributed by atoms with Crippen molar-refractivity contribution in [3.8, 4) is 33.8 Å². The maximum Gasteiger partial charge on any atom is 0.269 e. The molecule has 0 aliphatic rings. The molecular formula is C58H53BrI2N12O8S4. The third-order valence-electron chi connectivity index (χ3n) is 13.1. The zero-order valence-corrected chi connectivity index (χ0v) is 55.5. The van der Waals surface area contributed by atoms with Gasteiger partial charge in [-0.05, 0) is 170 Å². The van der Waals surface area contributed by atoms with E-state index < -0.39 is 55.3 Å². The summed E-state index contributed by atoms with van der Waals surface area (Å²) >= 11 is 7.46. The quantitative estimate of drug-likeness (QED) is 0.101. The number of hydrogen-bond acceptors (Lipinski definition) is 16. The summed E-state index contributed by atoms with van der Waals surface area (Å²) in [6.07, 6.45) is 13.5. The molecule has 3 N–H and O–H groups in total. The van der Waals surface area contributed by atoms with Crippen molar-refractivity contribution in [3.63, 3.8) is 0 Å². The summed E-state index contributed by atoms with van der Waals surface area (Å²) in [5.74, 6) is 0. The lowest BCUT2D eigenvalue weighted by atomic mass is 10.2. The zero-order chi connectivity index (χ0) is 61.2. The van der Waals surface area contributed by atoms with Gasteiger partial charge >= 0.3 is 0 Å². The lowest BCUT2D eigenvalue weighted by molar-refractivity contribution is 0.586. The summed E-state index contributed by atoms with van der Waals surface area (Å²) in [6, 6.07) is 30.4. The normalized spacial score (nSPS) is 12.1. The topological polar surface area (TPSA) is 292 Å². The van der Waals surface area contributed by atoms with Crippen molar-refractivity contribution in [1.29, 1.82) is 0 Å². The number of fused-ring (bicyclic) bond motifs is 4. The van der Waals surface area contributed by atoms with E-state index in [-0.39, 0.29) is 15.4 Å². The van der Waals surface area contributed by atoms with Gasteiger partial charge in [0.2, 0.25) is 0 Å². The number of benzene rings is 4. The van der Waals surface area contributed by atoms with E-state index >= 15 is 0 Å². The molecule has 0 saturated carbocycles. The van der Waals surface area contributed by atoms with Gasteiger partial charge < -0.3 is 15.0 Å². The van der Waals surface area contributed by atoms with Crippen molar-refractivity contribution in [2.75, 3.05) is 0 Å². The fraction of sp³-hybridized carbons (Fsp3) is 0.172. The first-order valence-corrected chi connectivity index (χ1v) is 34.9. The average molecular weight is 1510 g/mol. The minimum absolute atomic E-state index is 0.171. The number of aryl methyl sites for hydroxylation is 1. The molecule has 0 aliphatic heterocycles. The lowest BCUT2D eigenvalue weighted by Gasteiger charge is -2.09. The van der Waals surface area contributed by atoms with E-state index in [0.717, 1.165) is 73.7 Å². The molecule has 85 heavy (non-hydrogen) atoms. The van der Waals surface area contributed by atoms with E-state index in [1.165, 1.54) is 12.4 Å². The van der Waals surface area contributed by atoms with Crippen molar-refractivity contribution >= 4 is 145 Å². The van der Waals surface area contributed by atoms with Gasteiger partial charge in [-0.2, -0.15) is 0 Å². The molecule has 0 fully saturated rings. The van der Waals surface area contributed by atoms with Crippen LogP contribution in [0, 0.1) is 14.1 Å². The molecule has 27 heteroatoms. The molecule has 4 aromatic carbocycles. The molecule has 0 bridgehead atoms. The Labute approximate surface area is 526 Å². The van der Waals surface area contributed by atoms with Crippen molar-refractivity contribution in [2.45, 2.75) is 83.8 Å². The van der Waals surface area contributed by atoms with Crippen LogP contribution >= 0.6 is 61.1 Å². The second kappa shape index (κ2) is 25.6. The largest absolute Gasteiger partial charge is 0.345 e. The van der Waals surface area contributed by atoms with E-state index in [4.69, 9.17) is 0 Å². The van der Waals surface area contributed by atoms with Crippen LogP contribution in [0.5, 0.6) is 0 Å². The van der Waals surface area contributed by atoms with Gasteiger partial charge in [0, 0.05) is 41.5 Å². The number of aromatic amines is 3. The second-order valence-corrected chi connectivity index (χ2v) is 32.3. The maximum absolute atomic E-state index is 13.1. The number of H-pyrrole nitrogens is 3. The number of nitrogens with zero attached hydrogens (tertiary/aromatic N) is 9. The molecule has 0 atom stereocenters. The van der Waals surface area contributed by atoms with Crippen LogP contribution in [-0.4, -0.2) is 108 Å². The van der Waals surface area contributed by atoms with Crippen molar-refractivity contribution in [1.82, 2.24) is 58.8 Å². The Balaban J connectivity index is 0.000000144. The number of sulfone groups is 3. The van der Waals surface area contributed by atoms with Gasteiger partial charge in [0.1, 0.15) is 26.7 Å². The van der Waals surface area contributed by atoms with Crippen molar-refractivity contribution in [3.05, 3.63) is 176 Å². The minimum Gasteiger partial charge on any atom is -0.345 e. The highest BCUT2D eigenvalue weighted by Crippen LogP contribution is 2.30. The van der Waals surface area contributed by atoms with Gasteiger partial charge in [-0.3, -0.25) is 0 Å². The molecule has 0 amide bonds. The summed E-state index contributed by atoms with van der Waals surface area (Å²) in [5.41, 5.74) is 10.8. The van der Waals surface area contributed by atoms with Gasteiger partial charge in [0.25, 0.3) is 10.0 Å². The van der Waals surface area contributed by atoms with Gasteiger partial charge in [0.05, 0.1) is 84.3 Å². The Morgan fingerprint density at radius 3 is 1.32 bits per heavy atom. The molecule has 12 aromatic rings. The van der Waals surface area contributed by atoms with Crippen molar-refractivity contribution in [2.24, 2.45) is 0 Å².